The van der Waals surface area contributed by atoms with Gasteiger partial charge in [0.05, 0.1) is 12.1 Å². The SMILES string of the molecule is CNC(=O)CN1CCN(C(=O)/C=C/c2cccc(C(F)(F)F)c2)CC1. The van der Waals surface area contributed by atoms with Crippen molar-refractivity contribution < 1.29 is 22.8 Å². The molecular weight excluding hydrogens is 335 g/mol. The number of hydrogen-bond donors (Lipinski definition) is 1. The minimum atomic E-state index is -4.41. The monoisotopic (exact) mass is 355 g/mol. The number of nitrogens with one attached hydrogen (secondary N) is 1. The number of carbonyl (C=O) groups is 2. The lowest BCUT2D eigenvalue weighted by atomic mass is 10.1. The van der Waals surface area contributed by atoms with E-state index in [0.29, 0.717) is 38.3 Å². The van der Waals surface area contributed by atoms with E-state index in [4.69, 9.17) is 0 Å². The quantitative estimate of drug-likeness (QED) is 0.835. The van der Waals surface area contributed by atoms with Crippen molar-refractivity contribution in [1.29, 1.82) is 0 Å². The number of hydrogen-bond acceptors (Lipinski definition) is 3. The van der Waals surface area contributed by atoms with Gasteiger partial charge in [-0.2, -0.15) is 13.2 Å². The third-order valence-corrected chi connectivity index (χ3v) is 3.96. The van der Waals surface area contributed by atoms with Crippen LogP contribution in [0.2, 0.25) is 0 Å². The van der Waals surface area contributed by atoms with Crippen molar-refractivity contribution in [3.63, 3.8) is 0 Å². The van der Waals surface area contributed by atoms with Gasteiger partial charge in [-0.05, 0) is 23.8 Å². The number of amides is 2. The first kappa shape index (κ1) is 19.0. The largest absolute Gasteiger partial charge is 0.416 e. The second-order valence-electron chi connectivity index (χ2n) is 5.73. The molecule has 0 spiro atoms. The summed E-state index contributed by atoms with van der Waals surface area (Å²) >= 11 is 0. The fraction of sp³-hybridized carbons (Fsp3) is 0.412. The van der Waals surface area contributed by atoms with E-state index in [-0.39, 0.29) is 11.8 Å². The number of halogens is 3. The van der Waals surface area contributed by atoms with Crippen LogP contribution in [0.4, 0.5) is 13.2 Å². The lowest BCUT2D eigenvalue weighted by Crippen LogP contribution is -2.50. The molecule has 1 heterocycles. The maximum atomic E-state index is 12.7. The number of rotatable bonds is 4. The molecule has 0 radical (unpaired) electrons. The fourth-order valence-electron chi connectivity index (χ4n) is 2.50. The molecule has 2 rings (SSSR count). The zero-order chi connectivity index (χ0) is 18.4. The van der Waals surface area contributed by atoms with Gasteiger partial charge in [-0.15, -0.1) is 0 Å². The molecule has 1 aromatic carbocycles. The standard InChI is InChI=1S/C17H20F3N3O2/c1-21-15(24)12-22-7-9-23(10-8-22)16(25)6-5-13-3-2-4-14(11-13)17(18,19)20/h2-6,11H,7-10,12H2,1H3,(H,21,24)/b6-5+. The first-order chi connectivity index (χ1) is 11.8. The van der Waals surface area contributed by atoms with Crippen molar-refractivity contribution in [3.05, 3.63) is 41.5 Å². The van der Waals surface area contributed by atoms with Gasteiger partial charge in [-0.25, -0.2) is 0 Å². The minimum Gasteiger partial charge on any atom is -0.358 e. The van der Waals surface area contributed by atoms with E-state index in [2.05, 4.69) is 5.32 Å². The Morgan fingerprint density at radius 1 is 1.20 bits per heavy atom. The second-order valence-corrected chi connectivity index (χ2v) is 5.73. The van der Waals surface area contributed by atoms with Crippen molar-refractivity contribution in [2.24, 2.45) is 0 Å². The molecule has 5 nitrogen and oxygen atoms in total. The Morgan fingerprint density at radius 2 is 1.88 bits per heavy atom. The van der Waals surface area contributed by atoms with Crippen LogP contribution in [0.5, 0.6) is 0 Å². The van der Waals surface area contributed by atoms with Gasteiger partial charge in [0, 0.05) is 39.3 Å². The van der Waals surface area contributed by atoms with E-state index in [1.54, 1.807) is 11.9 Å². The molecule has 1 aromatic rings. The third kappa shape index (κ3) is 5.60. The summed E-state index contributed by atoms with van der Waals surface area (Å²) in [5.41, 5.74) is -0.425. The van der Waals surface area contributed by atoms with Gasteiger partial charge in [0.25, 0.3) is 0 Å². The molecule has 1 fully saturated rings. The third-order valence-electron chi connectivity index (χ3n) is 3.96. The molecule has 2 amide bonds. The first-order valence-corrected chi connectivity index (χ1v) is 7.87. The molecule has 25 heavy (non-hydrogen) atoms. The Bertz CT molecular complexity index is 651. The Labute approximate surface area is 144 Å². The highest BCUT2D eigenvalue weighted by Gasteiger charge is 2.30. The number of piperazine rings is 1. The lowest BCUT2D eigenvalue weighted by Gasteiger charge is -2.33. The van der Waals surface area contributed by atoms with Gasteiger partial charge < -0.3 is 10.2 Å². The van der Waals surface area contributed by atoms with Crippen LogP contribution in [-0.2, 0) is 15.8 Å². The highest BCUT2D eigenvalue weighted by Crippen LogP contribution is 2.29. The molecule has 1 aliphatic rings. The number of alkyl halides is 3. The number of nitrogens with zero attached hydrogens (tertiary/aromatic N) is 2. The molecule has 0 unspecified atom stereocenters. The summed E-state index contributed by atoms with van der Waals surface area (Å²) in [7, 11) is 1.57. The Kier molecular flexibility index (Phi) is 6.19. The molecule has 136 valence electrons. The maximum absolute atomic E-state index is 12.7. The van der Waals surface area contributed by atoms with Gasteiger partial charge >= 0.3 is 6.18 Å². The molecule has 0 atom stereocenters. The number of carbonyl (C=O) groups excluding carboxylic acids is 2. The molecule has 0 aliphatic carbocycles. The predicted molar refractivity (Wildman–Crippen MR) is 87.6 cm³/mol. The van der Waals surface area contributed by atoms with Crippen LogP contribution in [0.1, 0.15) is 11.1 Å². The predicted octanol–water partition coefficient (Wildman–Crippen LogP) is 1.61. The molecule has 1 aliphatic heterocycles. The lowest BCUT2D eigenvalue weighted by molar-refractivity contribution is -0.137. The minimum absolute atomic E-state index is 0.0794. The maximum Gasteiger partial charge on any atom is 0.416 e. The summed E-state index contributed by atoms with van der Waals surface area (Å²) in [6.07, 6.45) is -1.74. The summed E-state index contributed by atoms with van der Waals surface area (Å²) in [4.78, 5) is 27.0. The molecule has 0 saturated carbocycles. The van der Waals surface area contributed by atoms with Crippen LogP contribution in [0.3, 0.4) is 0 Å². The van der Waals surface area contributed by atoms with E-state index in [0.717, 1.165) is 12.1 Å². The number of benzene rings is 1. The van der Waals surface area contributed by atoms with Crippen molar-refractivity contribution in [2.75, 3.05) is 39.8 Å². The van der Waals surface area contributed by atoms with E-state index >= 15 is 0 Å². The van der Waals surface area contributed by atoms with Gasteiger partial charge in [-0.1, -0.05) is 12.1 Å². The Hall–Kier alpha value is -2.35. The van der Waals surface area contributed by atoms with E-state index in [1.165, 1.54) is 24.3 Å². The van der Waals surface area contributed by atoms with Crippen molar-refractivity contribution in [2.45, 2.75) is 6.18 Å². The highest BCUT2D eigenvalue weighted by molar-refractivity contribution is 5.91. The van der Waals surface area contributed by atoms with E-state index < -0.39 is 11.7 Å². The van der Waals surface area contributed by atoms with Crippen molar-refractivity contribution >= 4 is 17.9 Å². The topological polar surface area (TPSA) is 52.7 Å². The smallest absolute Gasteiger partial charge is 0.358 e. The normalized spacial score (nSPS) is 16.2. The molecule has 1 saturated heterocycles. The Morgan fingerprint density at radius 3 is 2.48 bits per heavy atom. The van der Waals surface area contributed by atoms with Crippen LogP contribution < -0.4 is 5.32 Å². The average Bonchev–Trinajstić information content (AvgIpc) is 2.59. The van der Waals surface area contributed by atoms with Gasteiger partial charge in [0.15, 0.2) is 0 Å². The average molecular weight is 355 g/mol. The molecule has 0 aromatic heterocycles. The molecular formula is C17H20F3N3O2. The summed E-state index contributed by atoms with van der Waals surface area (Å²) in [5.74, 6) is -0.332. The highest BCUT2D eigenvalue weighted by atomic mass is 19.4. The van der Waals surface area contributed by atoms with Gasteiger partial charge in [0.1, 0.15) is 0 Å². The molecule has 0 bridgehead atoms. The first-order valence-electron chi connectivity index (χ1n) is 7.87. The zero-order valence-electron chi connectivity index (χ0n) is 13.8. The summed E-state index contributed by atoms with van der Waals surface area (Å²) in [5, 5.41) is 2.55. The van der Waals surface area contributed by atoms with Crippen LogP contribution in [0.25, 0.3) is 6.08 Å². The van der Waals surface area contributed by atoms with Crippen molar-refractivity contribution in [1.82, 2.24) is 15.1 Å². The van der Waals surface area contributed by atoms with Crippen LogP contribution in [0, 0.1) is 0 Å². The summed E-state index contributed by atoms with van der Waals surface area (Å²) in [6.45, 7) is 2.40. The van der Waals surface area contributed by atoms with Crippen LogP contribution in [0.15, 0.2) is 30.3 Å². The van der Waals surface area contributed by atoms with Gasteiger partial charge in [0.2, 0.25) is 11.8 Å². The van der Waals surface area contributed by atoms with Crippen molar-refractivity contribution in [3.8, 4) is 0 Å². The fourth-order valence-corrected chi connectivity index (χ4v) is 2.50. The van der Waals surface area contributed by atoms with E-state index in [9.17, 15) is 22.8 Å². The van der Waals surface area contributed by atoms with Crippen LogP contribution >= 0.6 is 0 Å². The van der Waals surface area contributed by atoms with Gasteiger partial charge in [-0.3, -0.25) is 14.5 Å². The second kappa shape index (κ2) is 8.15. The summed E-state index contributed by atoms with van der Waals surface area (Å²) in [6, 6.07) is 4.82. The number of likely N-dealkylation sites (N-methyl/N-ethyl adjacent to an activating group) is 1. The molecule has 1 N–H and O–H groups in total. The van der Waals surface area contributed by atoms with Crippen LogP contribution in [-0.4, -0.2) is 61.4 Å². The summed E-state index contributed by atoms with van der Waals surface area (Å²) < 4.78 is 38.0. The zero-order valence-corrected chi connectivity index (χ0v) is 13.8. The van der Waals surface area contributed by atoms with E-state index in [1.807, 2.05) is 4.90 Å². The Balaban J connectivity index is 1.90. The molecule has 8 heteroatoms.